The molecule has 1 aliphatic rings. The second kappa shape index (κ2) is 5.91. The second-order valence-corrected chi connectivity index (χ2v) is 4.86. The Hall–Kier alpha value is -1.49. The summed E-state index contributed by atoms with van der Waals surface area (Å²) in [4.78, 5) is 12.2. The van der Waals surface area contributed by atoms with Gasteiger partial charge in [-0.05, 0) is 39.3 Å². The number of hydrogen-bond acceptors (Lipinski definition) is 4. The number of hydrogen-bond donors (Lipinski definition) is 2. The summed E-state index contributed by atoms with van der Waals surface area (Å²) in [6.45, 7) is 5.55. The summed E-state index contributed by atoms with van der Waals surface area (Å²) in [6, 6.07) is 2.01. The van der Waals surface area contributed by atoms with E-state index < -0.39 is 0 Å². The zero-order valence-electron chi connectivity index (χ0n) is 11.0. The molecule has 0 radical (unpaired) electrons. The molecule has 0 aromatic carbocycles. The van der Waals surface area contributed by atoms with Crippen molar-refractivity contribution in [3.63, 3.8) is 0 Å². The lowest BCUT2D eigenvalue weighted by Crippen LogP contribution is -2.41. The molecule has 0 aliphatic carbocycles. The molecule has 1 saturated heterocycles. The molecular weight excluding hydrogens is 228 g/mol. The molecule has 5 heteroatoms. The van der Waals surface area contributed by atoms with Crippen molar-refractivity contribution >= 4 is 5.91 Å². The highest BCUT2D eigenvalue weighted by Gasteiger charge is 2.17. The van der Waals surface area contributed by atoms with Crippen LogP contribution in [0.5, 0.6) is 0 Å². The molecule has 2 heterocycles. The molecule has 98 valence electrons. The van der Waals surface area contributed by atoms with Gasteiger partial charge in [-0.15, -0.1) is 0 Å². The molecule has 1 aromatic heterocycles. The second-order valence-electron chi connectivity index (χ2n) is 4.86. The van der Waals surface area contributed by atoms with E-state index in [2.05, 4.69) is 20.8 Å². The molecule has 1 aliphatic heterocycles. The van der Waals surface area contributed by atoms with E-state index in [0.717, 1.165) is 31.6 Å². The molecule has 18 heavy (non-hydrogen) atoms. The Morgan fingerprint density at radius 1 is 1.39 bits per heavy atom. The van der Waals surface area contributed by atoms with Crippen molar-refractivity contribution < 1.29 is 4.79 Å². The first-order chi connectivity index (χ1) is 8.66. The van der Waals surface area contributed by atoms with Gasteiger partial charge in [0.15, 0.2) is 0 Å². The zero-order chi connectivity index (χ0) is 13.0. The predicted molar refractivity (Wildman–Crippen MR) is 69.5 cm³/mol. The topological polar surface area (TPSA) is 66.9 Å². The van der Waals surface area contributed by atoms with Crippen LogP contribution in [0.1, 0.15) is 41.0 Å². The summed E-state index contributed by atoms with van der Waals surface area (Å²) >= 11 is 0. The van der Waals surface area contributed by atoms with Crippen LogP contribution in [0.4, 0.5) is 0 Å². The number of aryl methyl sites for hydroxylation is 2. The Bertz CT molecular complexity index is 425. The van der Waals surface area contributed by atoms with Gasteiger partial charge in [-0.3, -0.25) is 4.79 Å². The SMILES string of the molecule is Cc1cc(C(=O)NC2CCCCNC2)c(C)nn1. The first-order valence-electron chi connectivity index (χ1n) is 6.49. The lowest BCUT2D eigenvalue weighted by atomic mass is 10.1. The van der Waals surface area contributed by atoms with E-state index >= 15 is 0 Å². The van der Waals surface area contributed by atoms with Gasteiger partial charge in [0.05, 0.1) is 17.0 Å². The Labute approximate surface area is 107 Å². The number of aromatic nitrogens is 2. The normalized spacial score (nSPS) is 20.2. The highest BCUT2D eigenvalue weighted by atomic mass is 16.1. The van der Waals surface area contributed by atoms with Crippen LogP contribution in [0.15, 0.2) is 6.07 Å². The molecule has 1 fully saturated rings. The first-order valence-corrected chi connectivity index (χ1v) is 6.49. The minimum absolute atomic E-state index is 0.0424. The molecular formula is C13H20N4O. The summed E-state index contributed by atoms with van der Waals surface area (Å²) in [5.74, 6) is -0.0424. The number of nitrogens with one attached hydrogen (secondary N) is 2. The average Bonchev–Trinajstić information content (AvgIpc) is 2.61. The van der Waals surface area contributed by atoms with Crippen molar-refractivity contribution in [2.45, 2.75) is 39.2 Å². The highest BCUT2D eigenvalue weighted by Crippen LogP contribution is 2.08. The summed E-state index contributed by atoms with van der Waals surface area (Å²) in [7, 11) is 0. The molecule has 2 N–H and O–H groups in total. The quantitative estimate of drug-likeness (QED) is 0.818. The fraction of sp³-hybridized carbons (Fsp3) is 0.615. The summed E-state index contributed by atoms with van der Waals surface area (Å²) in [6.07, 6.45) is 3.38. The van der Waals surface area contributed by atoms with Crippen molar-refractivity contribution in [2.24, 2.45) is 0 Å². The molecule has 1 amide bonds. The van der Waals surface area contributed by atoms with E-state index in [9.17, 15) is 4.79 Å². The lowest BCUT2D eigenvalue weighted by molar-refractivity contribution is 0.0934. The maximum absolute atomic E-state index is 12.2. The maximum Gasteiger partial charge on any atom is 0.253 e. The molecule has 1 unspecified atom stereocenters. The molecule has 1 atom stereocenters. The fourth-order valence-electron chi connectivity index (χ4n) is 2.19. The van der Waals surface area contributed by atoms with Gasteiger partial charge in [0.2, 0.25) is 0 Å². The minimum atomic E-state index is -0.0424. The molecule has 5 nitrogen and oxygen atoms in total. The zero-order valence-corrected chi connectivity index (χ0v) is 11.0. The maximum atomic E-state index is 12.2. The molecule has 0 bridgehead atoms. The fourth-order valence-corrected chi connectivity index (χ4v) is 2.19. The summed E-state index contributed by atoms with van der Waals surface area (Å²) in [5, 5.41) is 14.3. The smallest absolute Gasteiger partial charge is 0.253 e. The van der Waals surface area contributed by atoms with Crippen LogP contribution in [0.25, 0.3) is 0 Å². The molecule has 0 saturated carbocycles. The van der Waals surface area contributed by atoms with Crippen LogP contribution < -0.4 is 10.6 Å². The third-order valence-corrected chi connectivity index (χ3v) is 3.23. The molecule has 0 spiro atoms. The number of rotatable bonds is 2. The summed E-state index contributed by atoms with van der Waals surface area (Å²) < 4.78 is 0. The van der Waals surface area contributed by atoms with Gasteiger partial charge in [-0.25, -0.2) is 0 Å². The standard InChI is InChI=1S/C13H20N4O/c1-9-7-12(10(2)17-16-9)13(18)15-11-5-3-4-6-14-8-11/h7,11,14H,3-6,8H2,1-2H3,(H,15,18). The van der Waals surface area contributed by atoms with E-state index in [1.807, 2.05) is 13.8 Å². The van der Waals surface area contributed by atoms with Crippen molar-refractivity contribution in [3.05, 3.63) is 23.0 Å². The number of amides is 1. The van der Waals surface area contributed by atoms with E-state index in [1.54, 1.807) is 6.07 Å². The minimum Gasteiger partial charge on any atom is -0.348 e. The Balaban J connectivity index is 2.04. The van der Waals surface area contributed by atoms with Crippen molar-refractivity contribution in [1.29, 1.82) is 0 Å². The lowest BCUT2D eigenvalue weighted by Gasteiger charge is -2.17. The number of nitrogens with zero attached hydrogens (tertiary/aromatic N) is 2. The van der Waals surface area contributed by atoms with Gasteiger partial charge in [0, 0.05) is 12.6 Å². The van der Waals surface area contributed by atoms with E-state index in [-0.39, 0.29) is 11.9 Å². The van der Waals surface area contributed by atoms with Crippen LogP contribution in [-0.2, 0) is 0 Å². The van der Waals surface area contributed by atoms with Crippen LogP contribution in [-0.4, -0.2) is 35.2 Å². The van der Waals surface area contributed by atoms with Crippen LogP contribution in [0.3, 0.4) is 0 Å². The average molecular weight is 248 g/mol. The predicted octanol–water partition coefficient (Wildman–Crippen LogP) is 0.965. The van der Waals surface area contributed by atoms with E-state index in [0.29, 0.717) is 11.3 Å². The monoisotopic (exact) mass is 248 g/mol. The van der Waals surface area contributed by atoms with E-state index in [1.165, 1.54) is 6.42 Å². The van der Waals surface area contributed by atoms with Gasteiger partial charge in [0.1, 0.15) is 0 Å². The van der Waals surface area contributed by atoms with Gasteiger partial charge < -0.3 is 10.6 Å². The van der Waals surface area contributed by atoms with Gasteiger partial charge in [-0.2, -0.15) is 10.2 Å². The third kappa shape index (κ3) is 3.26. The highest BCUT2D eigenvalue weighted by molar-refractivity contribution is 5.95. The van der Waals surface area contributed by atoms with Crippen LogP contribution in [0, 0.1) is 13.8 Å². The van der Waals surface area contributed by atoms with Gasteiger partial charge in [-0.1, -0.05) is 6.42 Å². The third-order valence-electron chi connectivity index (χ3n) is 3.23. The first kappa shape index (κ1) is 13.0. The van der Waals surface area contributed by atoms with Crippen LogP contribution >= 0.6 is 0 Å². The largest absolute Gasteiger partial charge is 0.348 e. The van der Waals surface area contributed by atoms with Gasteiger partial charge in [0.25, 0.3) is 5.91 Å². The Kier molecular flexibility index (Phi) is 4.25. The number of carbonyl (C=O) groups is 1. The molecule has 2 rings (SSSR count). The Morgan fingerprint density at radius 3 is 3.06 bits per heavy atom. The van der Waals surface area contributed by atoms with Crippen molar-refractivity contribution in [3.8, 4) is 0 Å². The van der Waals surface area contributed by atoms with Crippen LogP contribution in [0.2, 0.25) is 0 Å². The van der Waals surface area contributed by atoms with Crippen molar-refractivity contribution in [2.75, 3.05) is 13.1 Å². The molecule has 1 aromatic rings. The number of carbonyl (C=O) groups excluding carboxylic acids is 1. The Morgan fingerprint density at radius 2 is 2.22 bits per heavy atom. The van der Waals surface area contributed by atoms with Crippen molar-refractivity contribution in [1.82, 2.24) is 20.8 Å². The van der Waals surface area contributed by atoms with E-state index in [4.69, 9.17) is 0 Å². The van der Waals surface area contributed by atoms with Gasteiger partial charge >= 0.3 is 0 Å². The summed E-state index contributed by atoms with van der Waals surface area (Å²) in [5.41, 5.74) is 2.08.